The fraction of sp³-hybridized carbons (Fsp3) is 0.973. The molecule has 0 aromatic heterocycles. The van der Waals surface area contributed by atoms with Crippen molar-refractivity contribution < 1.29 is 24.5 Å². The van der Waals surface area contributed by atoms with Crippen LogP contribution >= 0.6 is 0 Å². The lowest BCUT2D eigenvalue weighted by atomic mass is 10.0. The molecule has 6 nitrogen and oxygen atoms in total. The SMILES string of the molecule is CCCCCCCCCCCCCCCCCCC(=O)OCCCCCCCCCCCCCCCCCCCCCCCCCCCCCCCCCCCCCC(=O)NC(CO)C(O)CCCCCCCCCCCCCC. The van der Waals surface area contributed by atoms with Crippen LogP contribution in [0.2, 0.25) is 0 Å². The van der Waals surface area contributed by atoms with Crippen molar-refractivity contribution >= 4 is 11.9 Å². The van der Waals surface area contributed by atoms with Gasteiger partial charge in [-0.15, -0.1) is 0 Å². The van der Waals surface area contributed by atoms with Crippen molar-refractivity contribution in [1.29, 1.82) is 0 Å². The minimum absolute atomic E-state index is 0.0271. The average molecular weight is 1130 g/mol. The minimum Gasteiger partial charge on any atom is -0.466 e. The van der Waals surface area contributed by atoms with E-state index in [1.165, 1.54) is 366 Å². The first-order chi connectivity index (χ1) is 39.5. The molecule has 0 aromatic carbocycles. The fourth-order valence-electron chi connectivity index (χ4n) is 12.2. The summed E-state index contributed by atoms with van der Waals surface area (Å²) in [6.45, 7) is 5.00. The first-order valence-corrected chi connectivity index (χ1v) is 37.3. The van der Waals surface area contributed by atoms with Gasteiger partial charge in [-0.2, -0.15) is 0 Å². The Morgan fingerprint density at radius 1 is 0.300 bits per heavy atom. The van der Waals surface area contributed by atoms with Gasteiger partial charge in [0, 0.05) is 12.8 Å². The fourth-order valence-corrected chi connectivity index (χ4v) is 12.2. The van der Waals surface area contributed by atoms with Gasteiger partial charge in [0.1, 0.15) is 0 Å². The zero-order valence-electron chi connectivity index (χ0n) is 54.9. The van der Waals surface area contributed by atoms with Crippen LogP contribution in [0.3, 0.4) is 0 Å². The molecule has 3 N–H and O–H groups in total. The van der Waals surface area contributed by atoms with Crippen LogP contribution in [-0.4, -0.2) is 47.4 Å². The van der Waals surface area contributed by atoms with E-state index in [1.807, 2.05) is 0 Å². The van der Waals surface area contributed by atoms with Crippen molar-refractivity contribution in [2.75, 3.05) is 13.2 Å². The van der Waals surface area contributed by atoms with E-state index in [9.17, 15) is 19.8 Å². The second-order valence-electron chi connectivity index (χ2n) is 26.0. The second kappa shape index (κ2) is 70.3. The molecule has 80 heavy (non-hydrogen) atoms. The molecule has 0 spiro atoms. The van der Waals surface area contributed by atoms with Crippen molar-refractivity contribution in [2.24, 2.45) is 0 Å². The molecule has 0 aliphatic rings. The molecule has 0 bridgehead atoms. The molecule has 0 heterocycles. The zero-order chi connectivity index (χ0) is 57.8. The van der Waals surface area contributed by atoms with Crippen LogP contribution in [0.15, 0.2) is 0 Å². The quantitative estimate of drug-likeness (QED) is 0.0417. The number of unbranched alkanes of at least 4 members (excludes halogenated alkanes) is 60. The predicted molar refractivity (Wildman–Crippen MR) is 352 cm³/mol. The summed E-state index contributed by atoms with van der Waals surface area (Å²) in [7, 11) is 0. The summed E-state index contributed by atoms with van der Waals surface area (Å²) in [5.41, 5.74) is 0. The number of ether oxygens (including phenoxy) is 1. The molecule has 6 heteroatoms. The Balaban J connectivity index is 3.27. The number of rotatable bonds is 71. The minimum atomic E-state index is -0.658. The molecule has 2 unspecified atom stereocenters. The highest BCUT2D eigenvalue weighted by molar-refractivity contribution is 5.76. The summed E-state index contributed by atoms with van der Waals surface area (Å²) >= 11 is 0. The number of aliphatic hydroxyl groups is 2. The maximum Gasteiger partial charge on any atom is 0.305 e. The standard InChI is InChI=1S/C74H147NO5/c1-3-5-7-9-11-13-15-17-18-41-44-48-52-56-60-64-68-74(79)80-69-65-61-57-53-49-45-42-39-37-35-33-31-29-27-25-23-21-19-20-22-24-26-28-30-32-34-36-38-40-43-47-51-55-59-63-67-73(78)75-71(70-76)72(77)66-62-58-54-50-46-16-14-12-10-8-6-4-2/h71-72,76-77H,3-70H2,1-2H3,(H,75,78). The van der Waals surface area contributed by atoms with Crippen molar-refractivity contribution in [1.82, 2.24) is 5.32 Å². The third-order valence-corrected chi connectivity index (χ3v) is 17.9. The van der Waals surface area contributed by atoms with Gasteiger partial charge in [0.15, 0.2) is 0 Å². The number of hydrogen-bond acceptors (Lipinski definition) is 5. The second-order valence-corrected chi connectivity index (χ2v) is 26.0. The van der Waals surface area contributed by atoms with E-state index in [4.69, 9.17) is 4.74 Å². The first kappa shape index (κ1) is 78.9. The van der Waals surface area contributed by atoms with Crippen LogP contribution in [0.5, 0.6) is 0 Å². The van der Waals surface area contributed by atoms with Gasteiger partial charge < -0.3 is 20.3 Å². The van der Waals surface area contributed by atoms with Crippen molar-refractivity contribution in [2.45, 2.75) is 450 Å². The van der Waals surface area contributed by atoms with E-state index >= 15 is 0 Å². The summed E-state index contributed by atoms with van der Waals surface area (Å²) < 4.78 is 5.51. The maximum atomic E-state index is 12.5. The third kappa shape index (κ3) is 66.0. The average Bonchev–Trinajstić information content (AvgIpc) is 3.46. The van der Waals surface area contributed by atoms with Gasteiger partial charge in [0.2, 0.25) is 5.91 Å². The van der Waals surface area contributed by atoms with Gasteiger partial charge in [0.05, 0.1) is 25.4 Å². The maximum absolute atomic E-state index is 12.5. The molecule has 0 aliphatic carbocycles. The van der Waals surface area contributed by atoms with Crippen molar-refractivity contribution in [3.8, 4) is 0 Å². The Kier molecular flexibility index (Phi) is 69.3. The molecule has 0 aliphatic heterocycles. The lowest BCUT2D eigenvalue weighted by molar-refractivity contribution is -0.143. The number of amides is 1. The van der Waals surface area contributed by atoms with Gasteiger partial charge in [-0.05, 0) is 25.7 Å². The molecule has 0 fully saturated rings. The first-order valence-electron chi connectivity index (χ1n) is 37.3. The highest BCUT2D eigenvalue weighted by Crippen LogP contribution is 2.20. The van der Waals surface area contributed by atoms with E-state index < -0.39 is 12.1 Å². The van der Waals surface area contributed by atoms with Gasteiger partial charge >= 0.3 is 5.97 Å². The van der Waals surface area contributed by atoms with E-state index in [2.05, 4.69) is 19.2 Å². The van der Waals surface area contributed by atoms with E-state index in [1.54, 1.807) is 0 Å². The molecular formula is C74H147NO5. The van der Waals surface area contributed by atoms with Crippen LogP contribution in [0.4, 0.5) is 0 Å². The van der Waals surface area contributed by atoms with Gasteiger partial charge in [-0.25, -0.2) is 0 Å². The monoisotopic (exact) mass is 1130 g/mol. The number of nitrogens with one attached hydrogen (secondary N) is 1. The smallest absolute Gasteiger partial charge is 0.305 e. The molecule has 1 amide bonds. The normalized spacial score (nSPS) is 12.4. The summed E-state index contributed by atoms with van der Waals surface area (Å²) in [6, 6.07) is -0.535. The van der Waals surface area contributed by atoms with Crippen LogP contribution < -0.4 is 5.32 Å². The van der Waals surface area contributed by atoms with Crippen LogP contribution in [0.25, 0.3) is 0 Å². The van der Waals surface area contributed by atoms with E-state index in [-0.39, 0.29) is 18.5 Å². The largest absolute Gasteiger partial charge is 0.466 e. The number of carbonyl (C=O) groups excluding carboxylic acids is 2. The lowest BCUT2D eigenvalue weighted by Crippen LogP contribution is -2.45. The Bertz CT molecular complexity index is 1160. The summed E-state index contributed by atoms with van der Waals surface area (Å²) in [6.07, 6.45) is 86.2. The topological polar surface area (TPSA) is 95.9 Å². The Morgan fingerprint density at radius 3 is 0.762 bits per heavy atom. The van der Waals surface area contributed by atoms with Crippen LogP contribution in [0.1, 0.15) is 438 Å². The molecule has 0 saturated carbocycles. The van der Waals surface area contributed by atoms with E-state index in [0.717, 1.165) is 38.5 Å². The van der Waals surface area contributed by atoms with Crippen LogP contribution in [-0.2, 0) is 14.3 Å². The predicted octanol–water partition coefficient (Wildman–Crippen LogP) is 24.2. The molecular weight excluding hydrogens is 983 g/mol. The molecule has 2 atom stereocenters. The zero-order valence-corrected chi connectivity index (χ0v) is 54.9. The highest BCUT2D eigenvalue weighted by atomic mass is 16.5. The van der Waals surface area contributed by atoms with Crippen molar-refractivity contribution in [3.63, 3.8) is 0 Å². The number of esters is 1. The summed E-state index contributed by atoms with van der Waals surface area (Å²) in [5.74, 6) is 0.000112. The van der Waals surface area contributed by atoms with Crippen LogP contribution in [0, 0.1) is 0 Å². The molecule has 0 radical (unpaired) electrons. The number of hydrogen-bond donors (Lipinski definition) is 3. The number of carbonyl (C=O) groups is 2. The van der Waals surface area contributed by atoms with E-state index in [0.29, 0.717) is 25.9 Å². The molecule has 0 rings (SSSR count). The highest BCUT2D eigenvalue weighted by Gasteiger charge is 2.20. The molecule has 0 saturated heterocycles. The van der Waals surface area contributed by atoms with Gasteiger partial charge in [-0.3, -0.25) is 9.59 Å². The summed E-state index contributed by atoms with van der Waals surface area (Å²) in [5, 5.41) is 23.3. The lowest BCUT2D eigenvalue weighted by Gasteiger charge is -2.22. The molecule has 0 aromatic rings. The third-order valence-electron chi connectivity index (χ3n) is 17.9. The van der Waals surface area contributed by atoms with Gasteiger partial charge in [-0.1, -0.05) is 399 Å². The Labute approximate surface area is 502 Å². The Hall–Kier alpha value is -1.14. The Morgan fingerprint density at radius 2 is 0.512 bits per heavy atom. The number of aliphatic hydroxyl groups excluding tert-OH is 2. The molecule has 478 valence electrons. The van der Waals surface area contributed by atoms with Crippen molar-refractivity contribution in [3.05, 3.63) is 0 Å². The van der Waals surface area contributed by atoms with Gasteiger partial charge in [0.25, 0.3) is 0 Å². The summed E-state index contributed by atoms with van der Waals surface area (Å²) in [4.78, 5) is 24.6.